The second-order valence-electron chi connectivity index (χ2n) is 5.77. The van der Waals surface area contributed by atoms with Gasteiger partial charge in [0.25, 0.3) is 0 Å². The fourth-order valence-electron chi connectivity index (χ4n) is 2.18. The minimum absolute atomic E-state index is 0.00579. The summed E-state index contributed by atoms with van der Waals surface area (Å²) < 4.78 is 5.76. The monoisotopic (exact) mass is 247 g/mol. The first-order chi connectivity index (χ1) is 8.48. The lowest BCUT2D eigenvalue weighted by molar-refractivity contribution is -0.147. The zero-order valence-electron chi connectivity index (χ0n) is 11.3. The number of hydrogen-bond donors (Lipinski definition) is 0. The van der Waals surface area contributed by atoms with E-state index in [9.17, 15) is 4.79 Å². The molecule has 1 aromatic carbocycles. The van der Waals surface area contributed by atoms with Crippen LogP contribution in [0, 0.1) is 5.41 Å². The predicted octanol–water partition coefficient (Wildman–Crippen LogP) is 2.63. The molecule has 1 unspecified atom stereocenters. The van der Waals surface area contributed by atoms with E-state index in [1.807, 2.05) is 43.9 Å². The summed E-state index contributed by atoms with van der Waals surface area (Å²) in [6.45, 7) is 7.84. The highest BCUT2D eigenvalue weighted by atomic mass is 16.5. The van der Waals surface area contributed by atoms with Gasteiger partial charge in [0, 0.05) is 12.0 Å². The molecule has 1 aliphatic rings. The van der Waals surface area contributed by atoms with Gasteiger partial charge in [-0.1, -0.05) is 51.1 Å². The Morgan fingerprint density at radius 1 is 1.28 bits per heavy atom. The maximum Gasteiger partial charge on any atom is 0.228 e. The molecule has 0 bridgehead atoms. The van der Waals surface area contributed by atoms with E-state index in [2.05, 4.69) is 12.1 Å². The van der Waals surface area contributed by atoms with E-state index >= 15 is 0 Å². The zero-order chi connectivity index (χ0) is 13.2. The maximum atomic E-state index is 12.3. The van der Waals surface area contributed by atoms with Crippen LogP contribution >= 0.6 is 0 Å². The summed E-state index contributed by atoms with van der Waals surface area (Å²) in [7, 11) is 0. The van der Waals surface area contributed by atoms with Crippen molar-refractivity contribution in [2.75, 3.05) is 19.7 Å². The van der Waals surface area contributed by atoms with Crippen molar-refractivity contribution >= 4 is 5.91 Å². The molecule has 1 aliphatic heterocycles. The lowest BCUT2D eigenvalue weighted by Gasteiger charge is -2.36. The zero-order valence-corrected chi connectivity index (χ0v) is 11.3. The Morgan fingerprint density at radius 3 is 2.56 bits per heavy atom. The van der Waals surface area contributed by atoms with Gasteiger partial charge in [-0.2, -0.15) is 0 Å². The molecule has 3 heteroatoms. The molecule has 0 N–H and O–H groups in total. The van der Waals surface area contributed by atoms with Crippen LogP contribution in [0.4, 0.5) is 0 Å². The number of hydrogen-bond acceptors (Lipinski definition) is 2. The van der Waals surface area contributed by atoms with Gasteiger partial charge in [0.2, 0.25) is 5.91 Å². The molecule has 1 amide bonds. The Labute approximate surface area is 109 Å². The van der Waals surface area contributed by atoms with Crippen LogP contribution in [0.2, 0.25) is 0 Å². The second kappa shape index (κ2) is 5.11. The number of rotatable bonds is 1. The van der Waals surface area contributed by atoms with Gasteiger partial charge in [-0.25, -0.2) is 0 Å². The third-order valence-corrected chi connectivity index (χ3v) is 3.17. The number of carbonyl (C=O) groups is 1. The molecule has 1 saturated heterocycles. The van der Waals surface area contributed by atoms with Gasteiger partial charge in [-0.3, -0.25) is 4.79 Å². The van der Waals surface area contributed by atoms with E-state index in [4.69, 9.17) is 4.74 Å². The summed E-state index contributed by atoms with van der Waals surface area (Å²) in [6, 6.07) is 10.1. The van der Waals surface area contributed by atoms with Gasteiger partial charge in [-0.15, -0.1) is 0 Å². The Morgan fingerprint density at radius 2 is 1.94 bits per heavy atom. The Kier molecular flexibility index (Phi) is 3.71. The smallest absolute Gasteiger partial charge is 0.228 e. The molecule has 98 valence electrons. The van der Waals surface area contributed by atoms with Crippen molar-refractivity contribution in [1.82, 2.24) is 4.90 Å². The molecular formula is C15H21NO2. The van der Waals surface area contributed by atoms with Gasteiger partial charge in [0.1, 0.15) is 6.10 Å². The summed E-state index contributed by atoms with van der Waals surface area (Å²) in [6.07, 6.45) is 0.00579. The molecule has 2 rings (SSSR count). The molecule has 0 saturated carbocycles. The Bertz CT molecular complexity index is 408. The lowest BCUT2D eigenvalue weighted by atomic mass is 9.94. The second-order valence-corrected chi connectivity index (χ2v) is 5.77. The van der Waals surface area contributed by atoms with E-state index in [0.29, 0.717) is 19.7 Å². The van der Waals surface area contributed by atoms with Crippen molar-refractivity contribution in [1.29, 1.82) is 0 Å². The van der Waals surface area contributed by atoms with Crippen LogP contribution in [0.3, 0.4) is 0 Å². The molecule has 1 fully saturated rings. The fourth-order valence-corrected chi connectivity index (χ4v) is 2.18. The normalized spacial score (nSPS) is 20.8. The highest BCUT2D eigenvalue weighted by Crippen LogP contribution is 2.25. The van der Waals surface area contributed by atoms with E-state index in [1.54, 1.807) is 0 Å². The highest BCUT2D eigenvalue weighted by molar-refractivity contribution is 5.81. The first-order valence-corrected chi connectivity index (χ1v) is 6.44. The highest BCUT2D eigenvalue weighted by Gasteiger charge is 2.31. The first kappa shape index (κ1) is 13.1. The van der Waals surface area contributed by atoms with E-state index in [1.165, 1.54) is 0 Å². The number of benzene rings is 1. The fraction of sp³-hybridized carbons (Fsp3) is 0.533. The van der Waals surface area contributed by atoms with Crippen LogP contribution in [0.5, 0.6) is 0 Å². The van der Waals surface area contributed by atoms with Crippen LogP contribution in [0.15, 0.2) is 30.3 Å². The quantitative estimate of drug-likeness (QED) is 0.763. The summed E-state index contributed by atoms with van der Waals surface area (Å²) >= 11 is 0. The van der Waals surface area contributed by atoms with Crippen LogP contribution < -0.4 is 0 Å². The van der Waals surface area contributed by atoms with Gasteiger partial charge in [-0.05, 0) is 5.56 Å². The number of nitrogens with zero attached hydrogens (tertiary/aromatic N) is 1. The summed E-state index contributed by atoms with van der Waals surface area (Å²) in [4.78, 5) is 14.2. The minimum Gasteiger partial charge on any atom is -0.370 e. The molecule has 1 atom stereocenters. The molecule has 3 nitrogen and oxygen atoms in total. The molecule has 1 heterocycles. The van der Waals surface area contributed by atoms with Crippen LogP contribution in [0.25, 0.3) is 0 Å². The molecule has 0 spiro atoms. The summed E-state index contributed by atoms with van der Waals surface area (Å²) in [5.41, 5.74) is 0.822. The molecule has 0 aromatic heterocycles. The predicted molar refractivity (Wildman–Crippen MR) is 71.2 cm³/mol. The average molecular weight is 247 g/mol. The molecule has 0 aliphatic carbocycles. The van der Waals surface area contributed by atoms with Crippen molar-refractivity contribution in [3.63, 3.8) is 0 Å². The lowest BCUT2D eigenvalue weighted by Crippen LogP contribution is -2.46. The number of morpholine rings is 1. The number of ether oxygens (including phenoxy) is 1. The third kappa shape index (κ3) is 2.91. The van der Waals surface area contributed by atoms with Crippen molar-refractivity contribution < 1.29 is 9.53 Å². The molecular weight excluding hydrogens is 226 g/mol. The van der Waals surface area contributed by atoms with Crippen molar-refractivity contribution in [2.24, 2.45) is 5.41 Å². The molecule has 1 aromatic rings. The molecule has 0 radical (unpaired) electrons. The Balaban J connectivity index is 2.08. The van der Waals surface area contributed by atoms with Crippen molar-refractivity contribution in [2.45, 2.75) is 26.9 Å². The van der Waals surface area contributed by atoms with Gasteiger partial charge in [0.05, 0.1) is 13.2 Å². The topological polar surface area (TPSA) is 29.5 Å². The first-order valence-electron chi connectivity index (χ1n) is 6.44. The maximum absolute atomic E-state index is 12.3. The van der Waals surface area contributed by atoms with Crippen molar-refractivity contribution in [3.05, 3.63) is 35.9 Å². The van der Waals surface area contributed by atoms with Gasteiger partial charge in [0.15, 0.2) is 0 Å². The van der Waals surface area contributed by atoms with Gasteiger partial charge >= 0.3 is 0 Å². The number of amides is 1. The van der Waals surface area contributed by atoms with E-state index < -0.39 is 0 Å². The van der Waals surface area contributed by atoms with Crippen LogP contribution in [-0.4, -0.2) is 30.5 Å². The van der Waals surface area contributed by atoms with E-state index in [0.717, 1.165) is 5.56 Å². The standard InChI is InChI=1S/C15H21NO2/c1-15(2,3)14(17)16-9-10-18-13(11-16)12-7-5-4-6-8-12/h4-8,13H,9-11H2,1-3H3. The van der Waals surface area contributed by atoms with Crippen molar-refractivity contribution in [3.8, 4) is 0 Å². The largest absolute Gasteiger partial charge is 0.370 e. The average Bonchev–Trinajstić information content (AvgIpc) is 2.38. The molecule has 18 heavy (non-hydrogen) atoms. The van der Waals surface area contributed by atoms with E-state index in [-0.39, 0.29) is 17.4 Å². The SMILES string of the molecule is CC(C)(C)C(=O)N1CCOC(c2ccccc2)C1. The summed E-state index contributed by atoms with van der Waals surface area (Å²) in [5.74, 6) is 0.201. The third-order valence-electron chi connectivity index (χ3n) is 3.17. The summed E-state index contributed by atoms with van der Waals surface area (Å²) in [5, 5.41) is 0. The number of carbonyl (C=O) groups excluding carboxylic acids is 1. The van der Waals surface area contributed by atoms with Crippen LogP contribution in [-0.2, 0) is 9.53 Å². The van der Waals surface area contributed by atoms with Crippen LogP contribution in [0.1, 0.15) is 32.4 Å². The van der Waals surface area contributed by atoms with Gasteiger partial charge < -0.3 is 9.64 Å². The Hall–Kier alpha value is -1.35. The minimum atomic E-state index is -0.321.